The summed E-state index contributed by atoms with van der Waals surface area (Å²) in [5.74, 6) is 1.58. The highest BCUT2D eigenvalue weighted by molar-refractivity contribution is 5.86. The molecule has 2 aliphatic heterocycles. The van der Waals surface area contributed by atoms with Crippen molar-refractivity contribution >= 4 is 21.7 Å². The van der Waals surface area contributed by atoms with Crippen molar-refractivity contribution in [1.82, 2.24) is 9.47 Å². The van der Waals surface area contributed by atoms with Gasteiger partial charge in [0, 0.05) is 30.2 Å². The number of para-hydroxylation sites is 1. The molecule has 0 spiro atoms. The highest BCUT2D eigenvalue weighted by atomic mass is 16.5. The molecule has 1 atom stereocenters. The Bertz CT molecular complexity index is 1640. The van der Waals surface area contributed by atoms with Crippen LogP contribution in [0, 0.1) is 0 Å². The number of hydrogen-bond donors (Lipinski definition) is 1. The van der Waals surface area contributed by atoms with Gasteiger partial charge in [-0.05, 0) is 70.1 Å². The van der Waals surface area contributed by atoms with Crippen molar-refractivity contribution in [2.45, 2.75) is 38.8 Å². The van der Waals surface area contributed by atoms with E-state index in [9.17, 15) is 5.11 Å². The summed E-state index contributed by atoms with van der Waals surface area (Å²) in [6.07, 6.45) is 1.90. The number of aliphatic hydroxyl groups excluding tert-OH is 1. The summed E-state index contributed by atoms with van der Waals surface area (Å²) in [5, 5.41) is 13.8. The quantitative estimate of drug-likeness (QED) is 0.329. The van der Waals surface area contributed by atoms with Gasteiger partial charge in [-0.3, -0.25) is 4.90 Å². The summed E-state index contributed by atoms with van der Waals surface area (Å²) in [7, 11) is 1.72. The molecule has 2 aliphatic rings. The first-order valence-corrected chi connectivity index (χ1v) is 13.0. The number of rotatable bonds is 5. The van der Waals surface area contributed by atoms with Crippen LogP contribution in [0.4, 0.5) is 0 Å². The minimum absolute atomic E-state index is 0.0106. The van der Waals surface area contributed by atoms with Crippen LogP contribution in [0.1, 0.15) is 34.0 Å². The Morgan fingerprint density at radius 1 is 0.919 bits per heavy atom. The third-order valence-electron chi connectivity index (χ3n) is 8.19. The number of nitrogens with zero attached hydrogens (tertiary/aromatic N) is 2. The lowest BCUT2D eigenvalue weighted by Crippen LogP contribution is -2.39. The zero-order valence-electron chi connectivity index (χ0n) is 21.0. The predicted octanol–water partition coefficient (Wildman–Crippen LogP) is 5.99. The first kappa shape index (κ1) is 22.4. The second-order valence-electron chi connectivity index (χ2n) is 10.1. The molecule has 0 amide bonds. The summed E-state index contributed by atoms with van der Waals surface area (Å²) in [5.41, 5.74) is 7.52. The van der Waals surface area contributed by atoms with E-state index in [1.165, 1.54) is 38.5 Å². The Morgan fingerprint density at radius 3 is 2.62 bits per heavy atom. The SMILES string of the molecule is COc1cc2c(cc1OCc1ccc3ccccc3c1)CCN1Cc3c(c4ccccc4n3CO)CC21. The number of aromatic nitrogens is 1. The van der Waals surface area contributed by atoms with Crippen molar-refractivity contribution in [2.75, 3.05) is 13.7 Å². The maximum absolute atomic E-state index is 10.1. The summed E-state index contributed by atoms with van der Waals surface area (Å²) in [4.78, 5) is 2.55. The average molecular weight is 491 g/mol. The van der Waals surface area contributed by atoms with Crippen LogP contribution in [0.5, 0.6) is 11.5 Å². The molecule has 0 fully saturated rings. The first-order chi connectivity index (χ1) is 18.2. The average Bonchev–Trinajstić information content (AvgIpc) is 3.26. The first-order valence-electron chi connectivity index (χ1n) is 13.0. The van der Waals surface area contributed by atoms with Gasteiger partial charge in [0.2, 0.25) is 0 Å². The molecule has 0 radical (unpaired) electrons. The fourth-order valence-corrected chi connectivity index (χ4v) is 6.34. The molecule has 5 heteroatoms. The monoisotopic (exact) mass is 490 g/mol. The Morgan fingerprint density at radius 2 is 1.76 bits per heavy atom. The normalized spacial score (nSPS) is 16.9. The van der Waals surface area contributed by atoms with Gasteiger partial charge in [-0.1, -0.05) is 54.6 Å². The van der Waals surface area contributed by atoms with Crippen molar-refractivity contribution < 1.29 is 14.6 Å². The van der Waals surface area contributed by atoms with Gasteiger partial charge < -0.3 is 19.1 Å². The highest BCUT2D eigenvalue weighted by Crippen LogP contribution is 2.44. The molecule has 1 N–H and O–H groups in total. The Hall–Kier alpha value is -3.80. The van der Waals surface area contributed by atoms with Gasteiger partial charge in [-0.25, -0.2) is 0 Å². The van der Waals surface area contributed by atoms with E-state index in [0.717, 1.165) is 48.5 Å². The summed E-state index contributed by atoms with van der Waals surface area (Å²) in [6, 6.07) is 28.0. The molecule has 37 heavy (non-hydrogen) atoms. The van der Waals surface area contributed by atoms with Crippen LogP contribution in [0.3, 0.4) is 0 Å². The van der Waals surface area contributed by atoms with Gasteiger partial charge in [-0.15, -0.1) is 0 Å². The maximum Gasteiger partial charge on any atom is 0.161 e. The molecule has 4 aromatic carbocycles. The van der Waals surface area contributed by atoms with E-state index in [2.05, 4.69) is 82.3 Å². The van der Waals surface area contributed by atoms with Gasteiger partial charge >= 0.3 is 0 Å². The summed E-state index contributed by atoms with van der Waals surface area (Å²) in [6.45, 7) is 2.34. The van der Waals surface area contributed by atoms with Crippen molar-refractivity contribution in [2.24, 2.45) is 0 Å². The van der Waals surface area contributed by atoms with E-state index < -0.39 is 0 Å². The molecule has 5 aromatic rings. The minimum atomic E-state index is 0.0106. The van der Waals surface area contributed by atoms with Crippen LogP contribution in [-0.4, -0.2) is 28.2 Å². The number of benzene rings is 4. The van der Waals surface area contributed by atoms with Gasteiger partial charge in [0.25, 0.3) is 0 Å². The van der Waals surface area contributed by atoms with Crippen LogP contribution < -0.4 is 9.47 Å². The predicted molar refractivity (Wildman–Crippen MR) is 146 cm³/mol. The zero-order chi connectivity index (χ0) is 24.9. The Labute approximate surface area is 216 Å². The fourth-order valence-electron chi connectivity index (χ4n) is 6.34. The molecule has 0 bridgehead atoms. The largest absolute Gasteiger partial charge is 0.493 e. The molecule has 0 saturated heterocycles. The number of aliphatic hydroxyl groups is 1. The lowest BCUT2D eigenvalue weighted by Gasteiger charge is -2.41. The zero-order valence-corrected chi connectivity index (χ0v) is 21.0. The van der Waals surface area contributed by atoms with Gasteiger partial charge in [-0.2, -0.15) is 0 Å². The number of hydrogen-bond acceptors (Lipinski definition) is 4. The molecular weight excluding hydrogens is 460 g/mol. The summed E-state index contributed by atoms with van der Waals surface area (Å²) >= 11 is 0. The molecule has 1 aromatic heterocycles. The van der Waals surface area contributed by atoms with Gasteiger partial charge in [0.15, 0.2) is 11.5 Å². The number of fused-ring (bicyclic) bond motifs is 7. The molecule has 1 unspecified atom stereocenters. The molecule has 186 valence electrons. The second-order valence-corrected chi connectivity index (χ2v) is 10.1. The number of methoxy groups -OCH3 is 1. The molecule has 0 aliphatic carbocycles. The molecular formula is C32H30N2O3. The van der Waals surface area contributed by atoms with E-state index >= 15 is 0 Å². The lowest BCUT2D eigenvalue weighted by atomic mass is 9.85. The maximum atomic E-state index is 10.1. The van der Waals surface area contributed by atoms with Crippen LogP contribution in [0.15, 0.2) is 78.9 Å². The van der Waals surface area contributed by atoms with Crippen molar-refractivity contribution in [3.63, 3.8) is 0 Å². The third-order valence-corrected chi connectivity index (χ3v) is 8.19. The molecule has 3 heterocycles. The minimum Gasteiger partial charge on any atom is -0.493 e. The summed E-state index contributed by atoms with van der Waals surface area (Å²) < 4.78 is 14.2. The standard InChI is InChI=1S/C32H30N2O3/c1-36-31-17-26-24(15-32(31)37-19-21-10-11-22-6-2-3-7-23(22)14-21)12-13-33-18-30-27(16-29(26)33)25-8-4-5-9-28(25)34(30)20-35/h2-11,14-15,17,29,35H,12-13,16,18-20H2,1H3. The topological polar surface area (TPSA) is 46.9 Å². The molecule has 7 rings (SSSR count). The second kappa shape index (κ2) is 8.94. The van der Waals surface area contributed by atoms with Gasteiger partial charge in [0.05, 0.1) is 12.6 Å². The van der Waals surface area contributed by atoms with Crippen LogP contribution in [0.2, 0.25) is 0 Å². The van der Waals surface area contributed by atoms with E-state index in [1.54, 1.807) is 7.11 Å². The smallest absolute Gasteiger partial charge is 0.161 e. The van der Waals surface area contributed by atoms with Crippen LogP contribution >= 0.6 is 0 Å². The molecule has 0 saturated carbocycles. The lowest BCUT2D eigenvalue weighted by molar-refractivity contribution is 0.145. The van der Waals surface area contributed by atoms with E-state index in [0.29, 0.717) is 6.61 Å². The van der Waals surface area contributed by atoms with E-state index in [1.807, 2.05) is 6.07 Å². The van der Waals surface area contributed by atoms with E-state index in [4.69, 9.17) is 9.47 Å². The van der Waals surface area contributed by atoms with Crippen molar-refractivity contribution in [1.29, 1.82) is 0 Å². The van der Waals surface area contributed by atoms with Crippen molar-refractivity contribution in [3.8, 4) is 11.5 Å². The van der Waals surface area contributed by atoms with Crippen LogP contribution in [0.25, 0.3) is 21.7 Å². The molecule has 5 nitrogen and oxygen atoms in total. The Balaban J connectivity index is 1.20. The fraction of sp³-hybridized carbons (Fsp3) is 0.250. The highest BCUT2D eigenvalue weighted by Gasteiger charge is 2.35. The Kier molecular flexibility index (Phi) is 5.41. The third kappa shape index (κ3) is 3.69. The number of ether oxygens (including phenoxy) is 2. The van der Waals surface area contributed by atoms with Crippen molar-refractivity contribution in [3.05, 3.63) is 107 Å². The van der Waals surface area contributed by atoms with Gasteiger partial charge in [0.1, 0.15) is 13.3 Å². The van der Waals surface area contributed by atoms with E-state index in [-0.39, 0.29) is 12.8 Å². The van der Waals surface area contributed by atoms with Crippen LogP contribution in [-0.2, 0) is 32.7 Å².